The van der Waals surface area contributed by atoms with E-state index in [1.54, 1.807) is 0 Å². The van der Waals surface area contributed by atoms with Gasteiger partial charge in [0.15, 0.2) is 0 Å². The Balaban J connectivity index is 1.76. The molecule has 2 atom stereocenters. The van der Waals surface area contributed by atoms with Gasteiger partial charge < -0.3 is 19.9 Å². The Morgan fingerprint density at radius 3 is 2.18 bits per heavy atom. The molecule has 1 fully saturated rings. The lowest BCUT2D eigenvalue weighted by molar-refractivity contribution is -0.139. The number of hydrogen-bond donors (Lipinski definition) is 2. The Labute approximate surface area is 285 Å². The van der Waals surface area contributed by atoms with Gasteiger partial charge in [0.25, 0.3) is 5.56 Å². The fourth-order valence-electron chi connectivity index (χ4n) is 6.85. The second-order valence-corrected chi connectivity index (χ2v) is 14.3. The summed E-state index contributed by atoms with van der Waals surface area (Å²) in [6.45, 7) is 9.47. The monoisotopic (exact) mass is 689 g/mol. The number of benzene rings is 2. The molecule has 1 saturated carbocycles. The summed E-state index contributed by atoms with van der Waals surface area (Å²) in [6, 6.07) is 4.04. The molecule has 0 aliphatic heterocycles. The van der Waals surface area contributed by atoms with Crippen LogP contribution < -0.4 is 10.9 Å². The first-order valence-corrected chi connectivity index (χ1v) is 16.9. The number of halogens is 5. The first-order chi connectivity index (χ1) is 22.9. The Bertz CT molecular complexity index is 1700. The number of carboxylic acid groups (broad SMARTS) is 1. The third kappa shape index (κ3) is 9.36. The molecule has 268 valence electrons. The minimum atomic E-state index is -4.73. The zero-order valence-electron chi connectivity index (χ0n) is 29.4. The molecule has 49 heavy (non-hydrogen) atoms. The van der Waals surface area contributed by atoms with Gasteiger partial charge in [-0.15, -0.1) is 0 Å². The number of nitrogens with zero attached hydrogens (tertiary/aromatic N) is 2. The molecule has 0 radical (unpaired) electrons. The van der Waals surface area contributed by atoms with E-state index in [0.717, 1.165) is 24.0 Å². The van der Waals surface area contributed by atoms with Crippen molar-refractivity contribution in [1.29, 1.82) is 0 Å². The molecule has 11 heteroatoms. The van der Waals surface area contributed by atoms with Crippen molar-refractivity contribution in [2.75, 3.05) is 27.2 Å². The summed E-state index contributed by atoms with van der Waals surface area (Å²) in [7, 11) is 3.64. The molecular formula is C38H48F5N3O3. The Hall–Kier alpha value is -3.57. The van der Waals surface area contributed by atoms with Crippen molar-refractivity contribution in [3.63, 3.8) is 0 Å². The fraction of sp³-hybridized carbons (Fsp3) is 0.526. The van der Waals surface area contributed by atoms with Gasteiger partial charge in [0.05, 0.1) is 12.0 Å². The number of carbonyl (C=O) groups is 1. The lowest BCUT2D eigenvalue weighted by Crippen LogP contribution is -2.36. The van der Waals surface area contributed by atoms with Crippen LogP contribution in [0.25, 0.3) is 11.1 Å². The van der Waals surface area contributed by atoms with Gasteiger partial charge in [-0.1, -0.05) is 26.0 Å². The first kappa shape index (κ1) is 38.2. The zero-order chi connectivity index (χ0) is 36.4. The van der Waals surface area contributed by atoms with Crippen LogP contribution in [0.3, 0.4) is 0 Å². The highest BCUT2D eigenvalue weighted by Gasteiger charge is 2.35. The zero-order valence-corrected chi connectivity index (χ0v) is 29.4. The summed E-state index contributed by atoms with van der Waals surface area (Å²) in [5.74, 6) is -2.57. The molecule has 0 spiro atoms. The van der Waals surface area contributed by atoms with Crippen molar-refractivity contribution in [2.45, 2.75) is 97.3 Å². The van der Waals surface area contributed by atoms with E-state index in [-0.39, 0.29) is 35.6 Å². The molecule has 4 rings (SSSR count). The highest BCUT2D eigenvalue weighted by molar-refractivity contribution is 5.74. The summed E-state index contributed by atoms with van der Waals surface area (Å²) in [5, 5.41) is 12.9. The van der Waals surface area contributed by atoms with E-state index in [1.807, 2.05) is 58.8 Å². The topological polar surface area (TPSA) is 74.6 Å². The van der Waals surface area contributed by atoms with E-state index in [0.29, 0.717) is 36.9 Å². The summed E-state index contributed by atoms with van der Waals surface area (Å²) in [4.78, 5) is 27.2. The van der Waals surface area contributed by atoms with Gasteiger partial charge in [0.1, 0.15) is 11.6 Å². The minimum absolute atomic E-state index is 0.0142. The molecule has 2 N–H and O–H groups in total. The number of nitrogens with one attached hydrogen (secondary N) is 1. The molecular weight excluding hydrogens is 641 g/mol. The molecule has 1 heterocycles. The molecule has 0 saturated heterocycles. The molecule has 1 aliphatic carbocycles. The van der Waals surface area contributed by atoms with Crippen LogP contribution in [0.15, 0.2) is 35.3 Å². The number of aliphatic carboxylic acids is 1. The SMILES string of the molecule is Cc1cc(-c2c(C)cc(C3CC3)cc2C)c(F)c(C(CC(=O)O)NCC(CC(C)C)n2cc(CCCN(C)C)c(C(F)(F)F)cc2=O)c1F. The number of pyridine rings is 1. The molecule has 2 unspecified atom stereocenters. The molecule has 3 aromatic rings. The van der Waals surface area contributed by atoms with Crippen molar-refractivity contribution in [3.05, 3.63) is 91.4 Å². The van der Waals surface area contributed by atoms with Crippen molar-refractivity contribution < 1.29 is 31.9 Å². The number of aromatic nitrogens is 1. The molecule has 2 aromatic carbocycles. The number of rotatable bonds is 15. The van der Waals surface area contributed by atoms with E-state index < -0.39 is 59.0 Å². The lowest BCUT2D eigenvalue weighted by Gasteiger charge is -2.28. The van der Waals surface area contributed by atoms with Gasteiger partial charge in [-0.05, 0) is 125 Å². The van der Waals surface area contributed by atoms with Gasteiger partial charge in [-0.25, -0.2) is 8.78 Å². The highest BCUT2D eigenvalue weighted by atomic mass is 19.4. The lowest BCUT2D eigenvalue weighted by atomic mass is 9.88. The van der Waals surface area contributed by atoms with Gasteiger partial charge in [0.2, 0.25) is 0 Å². The van der Waals surface area contributed by atoms with Crippen LogP contribution in [0.2, 0.25) is 0 Å². The Morgan fingerprint density at radius 2 is 1.65 bits per heavy atom. The molecule has 1 aromatic heterocycles. The number of aryl methyl sites for hydroxylation is 4. The molecule has 0 amide bonds. The van der Waals surface area contributed by atoms with E-state index >= 15 is 8.78 Å². The molecule has 0 bridgehead atoms. The van der Waals surface area contributed by atoms with Crippen LogP contribution in [-0.4, -0.2) is 47.7 Å². The van der Waals surface area contributed by atoms with Gasteiger partial charge in [-0.3, -0.25) is 9.59 Å². The maximum atomic E-state index is 16.6. The highest BCUT2D eigenvalue weighted by Crippen LogP contribution is 2.43. The smallest absolute Gasteiger partial charge is 0.416 e. The van der Waals surface area contributed by atoms with Crippen molar-refractivity contribution in [1.82, 2.24) is 14.8 Å². The van der Waals surface area contributed by atoms with Crippen LogP contribution in [0.1, 0.15) is 103 Å². The fourth-order valence-corrected chi connectivity index (χ4v) is 6.85. The number of carboxylic acids is 1. The Kier molecular flexibility index (Phi) is 12.1. The van der Waals surface area contributed by atoms with Crippen LogP contribution in [0, 0.1) is 38.3 Å². The average molecular weight is 690 g/mol. The third-order valence-corrected chi connectivity index (χ3v) is 9.27. The quantitative estimate of drug-likeness (QED) is 0.157. The van der Waals surface area contributed by atoms with Crippen molar-refractivity contribution in [3.8, 4) is 11.1 Å². The van der Waals surface area contributed by atoms with Crippen LogP contribution >= 0.6 is 0 Å². The number of hydrogen-bond acceptors (Lipinski definition) is 4. The van der Waals surface area contributed by atoms with Crippen LogP contribution in [0.4, 0.5) is 22.0 Å². The van der Waals surface area contributed by atoms with Gasteiger partial charge in [0, 0.05) is 42.0 Å². The van der Waals surface area contributed by atoms with E-state index in [2.05, 4.69) is 5.32 Å². The molecule has 1 aliphatic rings. The van der Waals surface area contributed by atoms with Crippen molar-refractivity contribution in [2.24, 2.45) is 5.92 Å². The van der Waals surface area contributed by atoms with Crippen LogP contribution in [-0.2, 0) is 17.4 Å². The predicted molar refractivity (Wildman–Crippen MR) is 182 cm³/mol. The maximum Gasteiger partial charge on any atom is 0.416 e. The summed E-state index contributed by atoms with van der Waals surface area (Å²) < 4.78 is 75.7. The normalized spacial score (nSPS) is 14.9. The third-order valence-electron chi connectivity index (χ3n) is 9.27. The largest absolute Gasteiger partial charge is 0.481 e. The summed E-state index contributed by atoms with van der Waals surface area (Å²) in [6.07, 6.45) is -1.10. The van der Waals surface area contributed by atoms with E-state index in [9.17, 15) is 27.9 Å². The average Bonchev–Trinajstić information content (AvgIpc) is 3.83. The van der Waals surface area contributed by atoms with E-state index in [1.165, 1.54) is 29.3 Å². The summed E-state index contributed by atoms with van der Waals surface area (Å²) >= 11 is 0. The second-order valence-electron chi connectivity index (χ2n) is 14.3. The van der Waals surface area contributed by atoms with Gasteiger partial charge in [-0.2, -0.15) is 13.2 Å². The predicted octanol–water partition coefficient (Wildman–Crippen LogP) is 8.50. The standard InChI is InChI=1S/C38H48F5N3O3/c1-21(2)13-28(46-20-26(9-8-12-45(6)7)30(17-32(46)47)38(41,42)43)19-44-31(18-33(48)49)35-36(39)24(5)16-29(37(35)40)34-22(3)14-27(15-23(34)4)25-10-11-25/h14-17,20-21,25,28,31,44H,8-13,18-19H2,1-7H3,(H,48,49). The molecule has 6 nitrogen and oxygen atoms in total. The van der Waals surface area contributed by atoms with Crippen LogP contribution in [0.5, 0.6) is 0 Å². The summed E-state index contributed by atoms with van der Waals surface area (Å²) in [5.41, 5.74) is 1.49. The van der Waals surface area contributed by atoms with Crippen molar-refractivity contribution >= 4 is 5.97 Å². The number of alkyl halides is 3. The first-order valence-electron chi connectivity index (χ1n) is 16.9. The maximum absolute atomic E-state index is 16.6. The Morgan fingerprint density at radius 1 is 1.02 bits per heavy atom. The second kappa shape index (κ2) is 15.5. The minimum Gasteiger partial charge on any atom is -0.481 e. The van der Waals surface area contributed by atoms with E-state index in [4.69, 9.17) is 0 Å². The van der Waals surface area contributed by atoms with Gasteiger partial charge >= 0.3 is 12.1 Å².